The lowest BCUT2D eigenvalue weighted by Gasteiger charge is -2.14. The molecule has 0 bridgehead atoms. The second kappa shape index (κ2) is 10.0. The number of rotatable bonds is 8. The number of alkyl carbamates (subject to hydrolysis) is 1. The van der Waals surface area contributed by atoms with Gasteiger partial charge in [0.25, 0.3) is 5.91 Å². The fraction of sp³-hybridized carbons (Fsp3) is 0.250. The number of aryl methyl sites for hydroxylation is 1. The summed E-state index contributed by atoms with van der Waals surface area (Å²) in [5, 5.41) is 23.5. The summed E-state index contributed by atoms with van der Waals surface area (Å²) in [4.78, 5) is 39.8. The Morgan fingerprint density at radius 1 is 1.06 bits per heavy atom. The average Bonchev–Trinajstić information content (AvgIpc) is 3.37. The van der Waals surface area contributed by atoms with Crippen LogP contribution in [0, 0.1) is 6.92 Å². The van der Waals surface area contributed by atoms with Crippen molar-refractivity contribution in [2.45, 2.75) is 25.5 Å². The number of hydrogen-bond acceptors (Lipinski definition) is 7. The monoisotopic (exact) mass is 481 g/mol. The summed E-state index contributed by atoms with van der Waals surface area (Å²) in [5.74, 6) is -2.01. The number of amides is 2. The molecular weight excluding hydrogens is 458 g/mol. The summed E-state index contributed by atoms with van der Waals surface area (Å²) < 4.78 is 5.50. The highest BCUT2D eigenvalue weighted by molar-refractivity contribution is 7.13. The molecule has 0 saturated heterocycles. The zero-order valence-electron chi connectivity index (χ0n) is 18.3. The van der Waals surface area contributed by atoms with Crippen molar-refractivity contribution in [3.63, 3.8) is 0 Å². The lowest BCUT2D eigenvalue weighted by Crippen LogP contribution is -2.36. The van der Waals surface area contributed by atoms with E-state index in [-0.39, 0.29) is 23.9 Å². The van der Waals surface area contributed by atoms with Crippen LogP contribution in [0.25, 0.3) is 11.1 Å². The molecule has 1 aliphatic carbocycles. The van der Waals surface area contributed by atoms with Crippen LogP contribution in [0.3, 0.4) is 0 Å². The van der Waals surface area contributed by atoms with E-state index in [2.05, 4.69) is 27.8 Å². The second-order valence-electron chi connectivity index (χ2n) is 7.77. The average molecular weight is 482 g/mol. The van der Waals surface area contributed by atoms with Gasteiger partial charge in [-0.05, 0) is 29.2 Å². The van der Waals surface area contributed by atoms with Gasteiger partial charge >= 0.3 is 12.1 Å². The molecule has 1 atom stereocenters. The van der Waals surface area contributed by atoms with Crippen molar-refractivity contribution in [2.75, 3.05) is 13.2 Å². The molecule has 1 aliphatic rings. The molecule has 0 saturated carbocycles. The molecule has 0 unspecified atom stereocenters. The number of aliphatic hydroxyl groups is 1. The molecule has 2 amide bonds. The summed E-state index contributed by atoms with van der Waals surface area (Å²) in [5.41, 5.74) is 4.97. The standard InChI is InChI=1S/C24H23N3O6S/c1-13-21(22(29)25-10-19(28)23(30)31)34-20(27-13)11-26-24(32)33-12-18-16-8-4-2-6-14(16)15-7-3-5-9-17(15)18/h2-9,18-19,28H,10-12H2,1H3,(H,25,29)(H,26,32)(H,30,31)/t19-/m0/s1. The lowest BCUT2D eigenvalue weighted by molar-refractivity contribution is -0.146. The summed E-state index contributed by atoms with van der Waals surface area (Å²) in [7, 11) is 0. The van der Waals surface area contributed by atoms with Gasteiger partial charge in [0, 0.05) is 5.92 Å². The van der Waals surface area contributed by atoms with Gasteiger partial charge < -0.3 is 25.6 Å². The van der Waals surface area contributed by atoms with E-state index in [0.717, 1.165) is 33.6 Å². The summed E-state index contributed by atoms with van der Waals surface area (Å²) in [6.45, 7) is 1.48. The predicted octanol–water partition coefficient (Wildman–Crippen LogP) is 2.67. The van der Waals surface area contributed by atoms with E-state index in [4.69, 9.17) is 9.84 Å². The van der Waals surface area contributed by atoms with Crippen LogP contribution in [0.2, 0.25) is 0 Å². The fourth-order valence-electron chi connectivity index (χ4n) is 3.89. The van der Waals surface area contributed by atoms with Crippen molar-refractivity contribution < 1.29 is 29.3 Å². The quantitative estimate of drug-likeness (QED) is 0.388. The predicted molar refractivity (Wildman–Crippen MR) is 125 cm³/mol. The molecule has 1 heterocycles. The van der Waals surface area contributed by atoms with Crippen molar-refractivity contribution >= 4 is 29.3 Å². The van der Waals surface area contributed by atoms with Crippen molar-refractivity contribution in [1.82, 2.24) is 15.6 Å². The molecule has 0 aliphatic heterocycles. The second-order valence-corrected chi connectivity index (χ2v) is 8.85. The highest BCUT2D eigenvalue weighted by Crippen LogP contribution is 2.44. The first kappa shape index (κ1) is 23.4. The zero-order valence-corrected chi connectivity index (χ0v) is 19.1. The molecule has 2 aromatic carbocycles. The van der Waals surface area contributed by atoms with E-state index in [1.54, 1.807) is 6.92 Å². The van der Waals surface area contributed by atoms with Crippen LogP contribution in [0.15, 0.2) is 48.5 Å². The summed E-state index contributed by atoms with van der Waals surface area (Å²) in [6, 6.07) is 16.1. The van der Waals surface area contributed by atoms with Crippen molar-refractivity contribution in [1.29, 1.82) is 0 Å². The largest absolute Gasteiger partial charge is 0.479 e. The number of hydrogen-bond donors (Lipinski definition) is 4. The lowest BCUT2D eigenvalue weighted by atomic mass is 9.98. The molecule has 3 aromatic rings. The normalized spacial score (nSPS) is 13.0. The number of fused-ring (bicyclic) bond motifs is 3. The molecule has 10 heteroatoms. The maximum absolute atomic E-state index is 12.3. The highest BCUT2D eigenvalue weighted by Gasteiger charge is 2.29. The van der Waals surface area contributed by atoms with Gasteiger partial charge in [0.1, 0.15) is 16.5 Å². The van der Waals surface area contributed by atoms with Gasteiger partial charge in [-0.2, -0.15) is 0 Å². The van der Waals surface area contributed by atoms with Gasteiger partial charge in [-0.15, -0.1) is 11.3 Å². The van der Waals surface area contributed by atoms with Crippen molar-refractivity contribution in [3.05, 3.63) is 75.2 Å². The van der Waals surface area contributed by atoms with E-state index < -0.39 is 30.6 Å². The number of nitrogens with one attached hydrogen (secondary N) is 2. The Balaban J connectivity index is 1.32. The van der Waals surface area contributed by atoms with E-state index in [0.29, 0.717) is 10.7 Å². The molecule has 0 radical (unpaired) electrons. The van der Waals surface area contributed by atoms with Crippen molar-refractivity contribution in [2.24, 2.45) is 0 Å². The van der Waals surface area contributed by atoms with Crippen LogP contribution >= 0.6 is 11.3 Å². The maximum atomic E-state index is 12.3. The Bertz CT molecular complexity index is 1200. The van der Waals surface area contributed by atoms with Crippen LogP contribution in [0.4, 0.5) is 4.79 Å². The number of ether oxygens (including phenoxy) is 1. The number of thiazole rings is 1. The summed E-state index contributed by atoms with van der Waals surface area (Å²) in [6.07, 6.45) is -2.28. The Morgan fingerprint density at radius 3 is 2.29 bits per heavy atom. The summed E-state index contributed by atoms with van der Waals surface area (Å²) >= 11 is 1.07. The first-order chi connectivity index (χ1) is 16.3. The van der Waals surface area contributed by atoms with E-state index in [1.165, 1.54) is 0 Å². The minimum Gasteiger partial charge on any atom is -0.479 e. The third-order valence-corrected chi connectivity index (χ3v) is 6.67. The van der Waals surface area contributed by atoms with E-state index in [1.807, 2.05) is 36.4 Å². The molecule has 9 nitrogen and oxygen atoms in total. The van der Waals surface area contributed by atoms with E-state index in [9.17, 15) is 19.5 Å². The Labute approximate surface area is 199 Å². The third kappa shape index (κ3) is 4.92. The molecule has 4 rings (SSSR count). The minimum absolute atomic E-state index is 0.0447. The number of benzene rings is 2. The van der Waals surface area contributed by atoms with Crippen LogP contribution in [-0.2, 0) is 16.1 Å². The number of carboxylic acids is 1. The number of aliphatic carboxylic acids is 1. The molecule has 0 spiro atoms. The van der Waals surface area contributed by atoms with Gasteiger partial charge in [0.2, 0.25) is 0 Å². The third-order valence-electron chi connectivity index (χ3n) is 5.52. The van der Waals surface area contributed by atoms with Gasteiger partial charge in [-0.3, -0.25) is 4.79 Å². The number of aromatic nitrogens is 1. The van der Waals surface area contributed by atoms with Gasteiger partial charge in [0.05, 0.1) is 18.8 Å². The smallest absolute Gasteiger partial charge is 0.407 e. The van der Waals surface area contributed by atoms with Crippen molar-refractivity contribution in [3.8, 4) is 11.1 Å². The zero-order chi connectivity index (χ0) is 24.2. The Hall–Kier alpha value is -3.76. The number of aliphatic hydroxyl groups excluding tert-OH is 1. The topological polar surface area (TPSA) is 138 Å². The molecule has 1 aromatic heterocycles. The number of carbonyl (C=O) groups excluding carboxylic acids is 2. The number of nitrogens with zero attached hydrogens (tertiary/aromatic N) is 1. The Morgan fingerprint density at radius 2 is 1.68 bits per heavy atom. The molecule has 34 heavy (non-hydrogen) atoms. The molecular formula is C24H23N3O6S. The Kier molecular flexibility index (Phi) is 6.90. The van der Waals surface area contributed by atoms with Crippen LogP contribution in [0.1, 0.15) is 37.4 Å². The SMILES string of the molecule is Cc1nc(CNC(=O)OCC2c3ccccc3-c3ccccc32)sc1C(=O)NC[C@H](O)C(=O)O. The fourth-order valence-corrected chi connectivity index (χ4v) is 4.81. The maximum Gasteiger partial charge on any atom is 0.407 e. The highest BCUT2D eigenvalue weighted by atomic mass is 32.1. The first-order valence-corrected chi connectivity index (χ1v) is 11.4. The van der Waals surface area contributed by atoms with Gasteiger partial charge in [-0.25, -0.2) is 14.6 Å². The molecule has 0 fully saturated rings. The van der Waals surface area contributed by atoms with Gasteiger partial charge in [0.15, 0.2) is 6.10 Å². The van der Waals surface area contributed by atoms with Crippen LogP contribution < -0.4 is 10.6 Å². The van der Waals surface area contributed by atoms with Gasteiger partial charge in [-0.1, -0.05) is 48.5 Å². The van der Waals surface area contributed by atoms with E-state index >= 15 is 0 Å². The minimum atomic E-state index is -1.69. The molecule has 176 valence electrons. The first-order valence-electron chi connectivity index (χ1n) is 10.6. The van der Waals surface area contributed by atoms with Crippen LogP contribution in [-0.4, -0.2) is 52.4 Å². The number of carbonyl (C=O) groups is 3. The van der Waals surface area contributed by atoms with Crippen LogP contribution in [0.5, 0.6) is 0 Å². The number of carboxylic acid groups (broad SMARTS) is 1. The molecule has 4 N–H and O–H groups in total.